The normalized spacial score (nSPS) is 12.3. The van der Waals surface area contributed by atoms with Crippen molar-refractivity contribution in [2.75, 3.05) is 6.61 Å². The molecule has 1 atom stereocenters. The summed E-state index contributed by atoms with van der Waals surface area (Å²) in [6.45, 7) is 1.66. The van der Waals surface area contributed by atoms with Gasteiger partial charge in [0.2, 0.25) is 0 Å². The Morgan fingerprint density at radius 1 is 1.43 bits per heavy atom. The van der Waals surface area contributed by atoms with Crippen LogP contribution >= 0.6 is 11.3 Å². The van der Waals surface area contributed by atoms with Gasteiger partial charge in [-0.2, -0.15) is 0 Å². The van der Waals surface area contributed by atoms with Gasteiger partial charge < -0.3 is 10.2 Å². The molecule has 0 aliphatic rings. The van der Waals surface area contributed by atoms with Crippen LogP contribution in [0, 0.1) is 5.82 Å². The summed E-state index contributed by atoms with van der Waals surface area (Å²) in [5.41, 5.74) is 0.826. The molecule has 0 saturated heterocycles. The topological polar surface area (TPSA) is 50.7 Å². The first kappa shape index (κ1) is 15.2. The number of hydrogen-bond donors (Lipinski definition) is 1. The number of benzene rings is 1. The van der Waals surface area contributed by atoms with Gasteiger partial charge in [0, 0.05) is 4.88 Å². The minimum absolute atomic E-state index is 0.159. The van der Waals surface area contributed by atoms with Crippen molar-refractivity contribution in [2.45, 2.75) is 13.0 Å². The van der Waals surface area contributed by atoms with Crippen LogP contribution in [0.25, 0.3) is 0 Å². The molecule has 0 aliphatic heterocycles. The molecule has 110 valence electrons. The summed E-state index contributed by atoms with van der Waals surface area (Å²) in [5, 5.41) is 8.40. The van der Waals surface area contributed by atoms with Crippen LogP contribution < -0.4 is 5.32 Å². The lowest BCUT2D eigenvalue weighted by Gasteiger charge is -2.13. The highest BCUT2D eigenvalue weighted by Gasteiger charge is 2.09. The molecule has 1 amide bonds. The quantitative estimate of drug-likeness (QED) is 0.658. The highest BCUT2D eigenvalue weighted by atomic mass is 32.1. The third kappa shape index (κ3) is 5.00. The van der Waals surface area contributed by atoms with Gasteiger partial charge in [-0.05, 0) is 36.1 Å². The van der Waals surface area contributed by atoms with Crippen molar-refractivity contribution in [3.63, 3.8) is 0 Å². The van der Waals surface area contributed by atoms with E-state index in [0.29, 0.717) is 0 Å². The zero-order chi connectivity index (χ0) is 15.1. The smallest absolute Gasteiger partial charge is 0.261 e. The highest BCUT2D eigenvalue weighted by molar-refractivity contribution is 7.11. The predicted octanol–water partition coefficient (Wildman–Crippen LogP) is 3.12. The fraction of sp³-hybridized carbons (Fsp3) is 0.200. The summed E-state index contributed by atoms with van der Waals surface area (Å²) in [6.07, 6.45) is 1.56. The Bertz CT molecular complexity index is 597. The summed E-state index contributed by atoms with van der Waals surface area (Å²) >= 11 is 1.53. The van der Waals surface area contributed by atoms with Crippen LogP contribution in [-0.2, 0) is 9.63 Å². The summed E-state index contributed by atoms with van der Waals surface area (Å²) in [6, 6.07) is 9.58. The Morgan fingerprint density at radius 2 is 2.19 bits per heavy atom. The maximum Gasteiger partial charge on any atom is 0.261 e. The zero-order valence-corrected chi connectivity index (χ0v) is 12.3. The number of nitrogens with one attached hydrogen (secondary N) is 1. The number of carbonyl (C=O) groups is 1. The van der Waals surface area contributed by atoms with Gasteiger partial charge in [-0.3, -0.25) is 4.79 Å². The van der Waals surface area contributed by atoms with Crippen molar-refractivity contribution in [1.82, 2.24) is 5.32 Å². The standard InChI is InChI=1S/C15H15FN2O2S/c1-11(12-4-6-13(16)7-5-12)18-15(19)10-20-17-9-14-3-2-8-21-14/h2-9,11H,10H2,1H3,(H,18,19)/t11-/m1/s1. The zero-order valence-electron chi connectivity index (χ0n) is 11.5. The van der Waals surface area contributed by atoms with E-state index < -0.39 is 0 Å². The molecule has 0 saturated carbocycles. The maximum atomic E-state index is 12.8. The van der Waals surface area contributed by atoms with Crippen LogP contribution in [0.15, 0.2) is 46.9 Å². The number of nitrogens with zero attached hydrogens (tertiary/aromatic N) is 1. The molecule has 1 N–H and O–H groups in total. The van der Waals surface area contributed by atoms with Crippen LogP contribution in [0.1, 0.15) is 23.4 Å². The molecule has 21 heavy (non-hydrogen) atoms. The first-order chi connectivity index (χ1) is 10.1. The maximum absolute atomic E-state index is 12.8. The largest absolute Gasteiger partial charge is 0.386 e. The molecule has 1 aromatic carbocycles. The van der Waals surface area contributed by atoms with Gasteiger partial charge >= 0.3 is 0 Å². The Hall–Kier alpha value is -2.21. The third-order valence-corrected chi connectivity index (χ3v) is 3.55. The SMILES string of the molecule is C[C@@H](NC(=O)CON=Cc1cccs1)c1ccc(F)cc1. The first-order valence-electron chi connectivity index (χ1n) is 6.39. The highest BCUT2D eigenvalue weighted by Crippen LogP contribution is 2.12. The van der Waals surface area contributed by atoms with Crippen molar-refractivity contribution >= 4 is 23.5 Å². The minimum Gasteiger partial charge on any atom is -0.386 e. The van der Waals surface area contributed by atoms with Gasteiger partial charge in [0.05, 0.1) is 12.3 Å². The number of thiophene rings is 1. The second-order valence-corrected chi connectivity index (χ2v) is 5.34. The van der Waals surface area contributed by atoms with E-state index >= 15 is 0 Å². The van der Waals surface area contributed by atoms with E-state index in [2.05, 4.69) is 10.5 Å². The van der Waals surface area contributed by atoms with Gasteiger partial charge in [0.15, 0.2) is 6.61 Å². The van der Waals surface area contributed by atoms with Gasteiger partial charge in [-0.25, -0.2) is 4.39 Å². The second kappa shape index (κ2) is 7.54. The first-order valence-corrected chi connectivity index (χ1v) is 7.27. The van der Waals surface area contributed by atoms with E-state index in [1.54, 1.807) is 18.3 Å². The summed E-state index contributed by atoms with van der Waals surface area (Å²) in [7, 11) is 0. The van der Waals surface area contributed by atoms with E-state index in [0.717, 1.165) is 10.4 Å². The lowest BCUT2D eigenvalue weighted by atomic mass is 10.1. The molecular formula is C15H15FN2O2S. The number of oxime groups is 1. The fourth-order valence-electron chi connectivity index (χ4n) is 1.67. The van der Waals surface area contributed by atoms with Crippen molar-refractivity contribution in [1.29, 1.82) is 0 Å². The Morgan fingerprint density at radius 3 is 2.86 bits per heavy atom. The molecule has 0 aliphatic carbocycles. The fourth-order valence-corrected chi connectivity index (χ4v) is 2.24. The third-order valence-electron chi connectivity index (χ3n) is 2.74. The molecule has 0 fully saturated rings. The molecule has 0 radical (unpaired) electrons. The average molecular weight is 306 g/mol. The number of hydrogen-bond acceptors (Lipinski definition) is 4. The van der Waals surface area contributed by atoms with Crippen LogP contribution in [0.2, 0.25) is 0 Å². The van der Waals surface area contributed by atoms with Crippen LogP contribution in [0.5, 0.6) is 0 Å². The van der Waals surface area contributed by atoms with Crippen LogP contribution in [-0.4, -0.2) is 18.7 Å². The number of halogens is 1. The molecule has 2 aromatic rings. The number of rotatable bonds is 6. The Balaban J connectivity index is 1.75. The van der Waals surface area contributed by atoms with Crippen molar-refractivity contribution in [3.05, 3.63) is 58.0 Å². The Labute approximate surface area is 126 Å². The molecular weight excluding hydrogens is 291 g/mol. The predicted molar refractivity (Wildman–Crippen MR) is 80.8 cm³/mol. The molecule has 1 aromatic heterocycles. The molecule has 0 unspecified atom stereocenters. The Kier molecular flexibility index (Phi) is 5.45. The van der Waals surface area contributed by atoms with E-state index in [1.807, 2.05) is 24.4 Å². The molecule has 1 heterocycles. The minimum atomic E-state index is -0.302. The van der Waals surface area contributed by atoms with E-state index in [-0.39, 0.29) is 24.4 Å². The van der Waals surface area contributed by atoms with Gasteiger partial charge in [0.25, 0.3) is 5.91 Å². The molecule has 0 spiro atoms. The summed E-state index contributed by atoms with van der Waals surface area (Å²) < 4.78 is 12.8. The van der Waals surface area contributed by atoms with E-state index in [4.69, 9.17) is 4.84 Å². The molecule has 4 nitrogen and oxygen atoms in total. The van der Waals surface area contributed by atoms with Crippen molar-refractivity contribution in [3.8, 4) is 0 Å². The number of carbonyl (C=O) groups excluding carboxylic acids is 1. The van der Waals surface area contributed by atoms with Crippen LogP contribution in [0.4, 0.5) is 4.39 Å². The molecule has 2 rings (SSSR count). The van der Waals surface area contributed by atoms with E-state index in [1.165, 1.54) is 23.5 Å². The molecule has 0 bridgehead atoms. The van der Waals surface area contributed by atoms with Gasteiger partial charge in [0.1, 0.15) is 5.82 Å². The van der Waals surface area contributed by atoms with Gasteiger partial charge in [-0.1, -0.05) is 23.4 Å². The second-order valence-electron chi connectivity index (χ2n) is 4.36. The van der Waals surface area contributed by atoms with E-state index in [9.17, 15) is 9.18 Å². The summed E-state index contributed by atoms with van der Waals surface area (Å²) in [4.78, 5) is 17.6. The molecule has 6 heteroatoms. The lowest BCUT2D eigenvalue weighted by Crippen LogP contribution is -2.29. The number of amides is 1. The monoisotopic (exact) mass is 306 g/mol. The average Bonchev–Trinajstić information content (AvgIpc) is 2.97. The van der Waals surface area contributed by atoms with Crippen molar-refractivity contribution in [2.24, 2.45) is 5.16 Å². The van der Waals surface area contributed by atoms with Gasteiger partial charge in [-0.15, -0.1) is 11.3 Å². The summed E-state index contributed by atoms with van der Waals surface area (Å²) in [5.74, 6) is -0.585. The van der Waals surface area contributed by atoms with Crippen LogP contribution in [0.3, 0.4) is 0 Å². The lowest BCUT2D eigenvalue weighted by molar-refractivity contribution is -0.126. The van der Waals surface area contributed by atoms with Crippen molar-refractivity contribution < 1.29 is 14.0 Å².